The molecule has 0 spiro atoms. The summed E-state index contributed by atoms with van der Waals surface area (Å²) in [5.41, 5.74) is 2.53. The van der Waals surface area contributed by atoms with Crippen LogP contribution in [0.1, 0.15) is 38.7 Å². The smallest absolute Gasteiger partial charge is 0.222 e. The minimum atomic E-state index is 0.291. The number of fused-ring (bicyclic) bond motifs is 1. The molecular formula is C19H27N3O. The van der Waals surface area contributed by atoms with Gasteiger partial charge in [0.1, 0.15) is 0 Å². The fourth-order valence-corrected chi connectivity index (χ4v) is 3.71. The summed E-state index contributed by atoms with van der Waals surface area (Å²) in [7, 11) is 0. The highest BCUT2D eigenvalue weighted by molar-refractivity contribution is 5.82. The van der Waals surface area contributed by atoms with Gasteiger partial charge in [-0.15, -0.1) is 0 Å². The van der Waals surface area contributed by atoms with E-state index in [9.17, 15) is 4.79 Å². The number of benzene rings is 1. The molecule has 0 saturated carbocycles. The van der Waals surface area contributed by atoms with Crippen LogP contribution in [-0.4, -0.2) is 34.9 Å². The lowest BCUT2D eigenvalue weighted by molar-refractivity contribution is -0.133. The molecule has 2 atom stereocenters. The van der Waals surface area contributed by atoms with Gasteiger partial charge in [0.25, 0.3) is 0 Å². The van der Waals surface area contributed by atoms with Gasteiger partial charge in [0.05, 0.1) is 0 Å². The Morgan fingerprint density at radius 2 is 2.22 bits per heavy atom. The molecule has 4 heteroatoms. The third-order valence-corrected chi connectivity index (χ3v) is 5.15. The van der Waals surface area contributed by atoms with Crippen molar-refractivity contribution in [3.63, 3.8) is 0 Å². The average Bonchev–Trinajstić information content (AvgIpc) is 3.08. The molecule has 1 aliphatic rings. The molecule has 0 radical (unpaired) electrons. The van der Waals surface area contributed by atoms with Gasteiger partial charge in [-0.3, -0.25) is 4.79 Å². The number of nitrogens with zero attached hydrogens (tertiary/aromatic N) is 1. The van der Waals surface area contributed by atoms with Crippen LogP contribution in [0, 0.1) is 5.92 Å². The number of hydrogen-bond donors (Lipinski definition) is 2. The Labute approximate surface area is 138 Å². The Kier molecular flexibility index (Phi) is 5.01. The number of nitrogens with one attached hydrogen (secondary N) is 2. The van der Waals surface area contributed by atoms with E-state index in [1.54, 1.807) is 0 Å². The molecular weight excluding hydrogens is 286 g/mol. The zero-order valence-corrected chi connectivity index (χ0v) is 14.1. The molecule has 0 bridgehead atoms. The first-order valence-corrected chi connectivity index (χ1v) is 8.79. The van der Waals surface area contributed by atoms with E-state index in [0.717, 1.165) is 32.5 Å². The minimum absolute atomic E-state index is 0.291. The van der Waals surface area contributed by atoms with Gasteiger partial charge in [-0.05, 0) is 30.0 Å². The Morgan fingerprint density at radius 1 is 1.35 bits per heavy atom. The number of hydrogen-bond acceptors (Lipinski definition) is 2. The van der Waals surface area contributed by atoms with Crippen molar-refractivity contribution in [3.05, 3.63) is 36.0 Å². The highest BCUT2D eigenvalue weighted by Crippen LogP contribution is 2.23. The lowest BCUT2D eigenvalue weighted by atomic mass is 9.89. The zero-order valence-electron chi connectivity index (χ0n) is 14.1. The third-order valence-electron chi connectivity index (χ3n) is 5.15. The van der Waals surface area contributed by atoms with E-state index in [1.165, 1.54) is 16.5 Å². The van der Waals surface area contributed by atoms with Crippen LogP contribution in [-0.2, 0) is 11.3 Å². The summed E-state index contributed by atoms with van der Waals surface area (Å²) in [5.74, 6) is 0.837. The van der Waals surface area contributed by atoms with E-state index in [0.29, 0.717) is 24.3 Å². The molecule has 1 saturated heterocycles. The van der Waals surface area contributed by atoms with Gasteiger partial charge in [-0.1, -0.05) is 32.4 Å². The number of likely N-dealkylation sites (tertiary alicyclic amines) is 1. The van der Waals surface area contributed by atoms with Gasteiger partial charge in [-0.2, -0.15) is 0 Å². The predicted molar refractivity (Wildman–Crippen MR) is 94.2 cm³/mol. The number of aromatic amines is 1. The van der Waals surface area contributed by atoms with Crippen LogP contribution in [0.25, 0.3) is 10.9 Å². The van der Waals surface area contributed by atoms with E-state index >= 15 is 0 Å². The maximum absolute atomic E-state index is 11.9. The first-order chi connectivity index (χ1) is 11.2. The first-order valence-electron chi connectivity index (χ1n) is 8.79. The van der Waals surface area contributed by atoms with Crippen molar-refractivity contribution in [2.24, 2.45) is 5.92 Å². The molecule has 124 valence electrons. The number of piperidine rings is 1. The molecule has 2 aromatic rings. The second-order valence-corrected chi connectivity index (χ2v) is 6.49. The van der Waals surface area contributed by atoms with Crippen molar-refractivity contribution in [1.82, 2.24) is 15.2 Å². The number of rotatable bonds is 5. The SMILES string of the molecule is CCC(=O)N1CC[C@H](NCc2cccc3[nH]ccc23)[C@H](CC)C1. The quantitative estimate of drug-likeness (QED) is 0.890. The maximum atomic E-state index is 11.9. The van der Waals surface area contributed by atoms with Crippen molar-refractivity contribution in [2.45, 2.75) is 45.7 Å². The van der Waals surface area contributed by atoms with E-state index in [4.69, 9.17) is 0 Å². The Balaban J connectivity index is 1.64. The monoisotopic (exact) mass is 313 g/mol. The molecule has 1 amide bonds. The van der Waals surface area contributed by atoms with Gasteiger partial charge in [-0.25, -0.2) is 0 Å². The standard InChI is InChI=1S/C19H27N3O/c1-3-14-13-22(19(23)4-2)11-9-17(14)21-12-15-6-5-7-18-16(15)8-10-20-18/h5-8,10,14,17,20-21H,3-4,9,11-13H2,1-2H3/t14-,17+/m1/s1. The highest BCUT2D eigenvalue weighted by Gasteiger charge is 2.29. The van der Waals surface area contributed by atoms with Gasteiger partial charge in [0.2, 0.25) is 5.91 Å². The van der Waals surface area contributed by atoms with E-state index in [2.05, 4.69) is 41.5 Å². The molecule has 0 unspecified atom stereocenters. The van der Waals surface area contributed by atoms with Crippen molar-refractivity contribution in [1.29, 1.82) is 0 Å². The van der Waals surface area contributed by atoms with E-state index in [-0.39, 0.29) is 0 Å². The summed E-state index contributed by atoms with van der Waals surface area (Å²) < 4.78 is 0. The number of carbonyl (C=O) groups excluding carboxylic acids is 1. The van der Waals surface area contributed by atoms with E-state index in [1.807, 2.05) is 18.0 Å². The fraction of sp³-hybridized carbons (Fsp3) is 0.526. The molecule has 1 aromatic heterocycles. The summed E-state index contributed by atoms with van der Waals surface area (Å²) in [4.78, 5) is 17.2. The third kappa shape index (κ3) is 3.42. The van der Waals surface area contributed by atoms with Crippen LogP contribution >= 0.6 is 0 Å². The van der Waals surface area contributed by atoms with Gasteiger partial charge >= 0.3 is 0 Å². The summed E-state index contributed by atoms with van der Waals surface area (Å²) in [6, 6.07) is 9.06. The lowest BCUT2D eigenvalue weighted by Crippen LogP contribution is -2.50. The number of carbonyl (C=O) groups is 1. The summed E-state index contributed by atoms with van der Waals surface area (Å²) >= 11 is 0. The van der Waals surface area contributed by atoms with Gasteiger partial charge in [0, 0.05) is 49.2 Å². The minimum Gasteiger partial charge on any atom is -0.361 e. The molecule has 23 heavy (non-hydrogen) atoms. The fourth-order valence-electron chi connectivity index (χ4n) is 3.71. The number of aromatic nitrogens is 1. The van der Waals surface area contributed by atoms with Crippen LogP contribution in [0.15, 0.2) is 30.5 Å². The predicted octanol–water partition coefficient (Wildman–Crippen LogP) is 3.29. The average molecular weight is 313 g/mol. The van der Waals surface area contributed by atoms with Crippen LogP contribution < -0.4 is 5.32 Å². The summed E-state index contributed by atoms with van der Waals surface area (Å²) in [6.07, 6.45) is 4.77. The normalized spacial score (nSPS) is 21.7. The first kappa shape index (κ1) is 16.1. The maximum Gasteiger partial charge on any atom is 0.222 e. The van der Waals surface area contributed by atoms with Gasteiger partial charge in [0.15, 0.2) is 0 Å². The van der Waals surface area contributed by atoms with Crippen molar-refractivity contribution in [2.75, 3.05) is 13.1 Å². The van der Waals surface area contributed by atoms with Crippen molar-refractivity contribution >= 4 is 16.8 Å². The lowest BCUT2D eigenvalue weighted by Gasteiger charge is -2.39. The van der Waals surface area contributed by atoms with Crippen molar-refractivity contribution in [3.8, 4) is 0 Å². The Bertz CT molecular complexity index is 663. The van der Waals surface area contributed by atoms with Crippen LogP contribution in [0.4, 0.5) is 0 Å². The molecule has 1 fully saturated rings. The molecule has 3 rings (SSSR count). The Morgan fingerprint density at radius 3 is 3.00 bits per heavy atom. The van der Waals surface area contributed by atoms with Crippen molar-refractivity contribution < 1.29 is 4.79 Å². The topological polar surface area (TPSA) is 48.1 Å². The molecule has 4 nitrogen and oxygen atoms in total. The Hall–Kier alpha value is -1.81. The number of H-pyrrole nitrogens is 1. The van der Waals surface area contributed by atoms with Crippen LogP contribution in [0.5, 0.6) is 0 Å². The van der Waals surface area contributed by atoms with Crippen LogP contribution in [0.2, 0.25) is 0 Å². The molecule has 1 aromatic carbocycles. The van der Waals surface area contributed by atoms with Gasteiger partial charge < -0.3 is 15.2 Å². The second-order valence-electron chi connectivity index (χ2n) is 6.49. The number of amides is 1. The largest absolute Gasteiger partial charge is 0.361 e. The molecule has 1 aliphatic heterocycles. The molecule has 2 N–H and O–H groups in total. The molecule has 0 aliphatic carbocycles. The summed E-state index contributed by atoms with van der Waals surface area (Å²) in [5, 5.41) is 5.04. The second kappa shape index (κ2) is 7.18. The molecule has 2 heterocycles. The summed E-state index contributed by atoms with van der Waals surface area (Å²) in [6.45, 7) is 6.85. The highest BCUT2D eigenvalue weighted by atomic mass is 16.2. The van der Waals surface area contributed by atoms with Crippen LogP contribution in [0.3, 0.4) is 0 Å². The zero-order chi connectivity index (χ0) is 16.2. The van der Waals surface area contributed by atoms with E-state index < -0.39 is 0 Å².